The van der Waals surface area contributed by atoms with E-state index in [0.29, 0.717) is 0 Å². The number of pyridine rings is 1. The lowest BCUT2D eigenvalue weighted by Gasteiger charge is -2.39. The summed E-state index contributed by atoms with van der Waals surface area (Å²) >= 11 is 0. The van der Waals surface area contributed by atoms with Crippen molar-refractivity contribution >= 4 is 12.0 Å². The van der Waals surface area contributed by atoms with Crippen molar-refractivity contribution in [2.45, 2.75) is 43.5 Å². The summed E-state index contributed by atoms with van der Waals surface area (Å²) in [7, 11) is 0. The summed E-state index contributed by atoms with van der Waals surface area (Å²) in [6.07, 6.45) is -12.9. The first kappa shape index (κ1) is 29.5. The number of rotatable bonds is 3. The Bertz CT molecular complexity index is 1100. The van der Waals surface area contributed by atoms with E-state index in [4.69, 9.17) is 14.6 Å². The molecule has 0 bridgehead atoms. The van der Waals surface area contributed by atoms with Gasteiger partial charge in [-0.15, -0.1) is 0 Å². The molecule has 0 unspecified atom stereocenters. The zero-order valence-electron chi connectivity index (χ0n) is 18.6. The molecule has 1 aromatic carbocycles. The Balaban J connectivity index is 0.000000604. The molecule has 2 atom stereocenters. The predicted molar refractivity (Wildman–Crippen MR) is 107 cm³/mol. The van der Waals surface area contributed by atoms with E-state index in [2.05, 4.69) is 10.3 Å². The van der Waals surface area contributed by atoms with E-state index in [0.717, 1.165) is 19.1 Å². The van der Waals surface area contributed by atoms with E-state index in [1.54, 1.807) is 17.4 Å². The first-order valence-corrected chi connectivity index (χ1v) is 10.1. The fourth-order valence-electron chi connectivity index (χ4n) is 3.19. The molecule has 16 heteroatoms. The zero-order chi connectivity index (χ0) is 28.2. The molecule has 204 valence electrons. The van der Waals surface area contributed by atoms with E-state index < -0.39 is 47.7 Å². The van der Waals surface area contributed by atoms with Crippen LogP contribution in [0.15, 0.2) is 42.6 Å². The first-order chi connectivity index (χ1) is 16.9. The number of carbonyl (C=O) groups excluding carboxylic acids is 1. The maximum Gasteiger partial charge on any atom is 0.490 e. The van der Waals surface area contributed by atoms with Crippen molar-refractivity contribution < 1.29 is 58.9 Å². The standard InChI is InChI=1S/C19H17F6N3O2.C2HF3O2/c1-11(18(20,21)22)27-16(29)28-17(8-10-30-14-3-2-9-26-15(14)17)12-4-6-13(7-5-12)19(23,24)25;3-2(4,5)1(6)7/h2-7,9,11H,8,10H2,1H3,(H2,27,28,29);(H,6,7)/t11-,17-;/m0./s1. The predicted octanol–water partition coefficient (Wildman–Crippen LogP) is 5.01. The number of carboxylic acids is 1. The number of carboxylic acid groups (broad SMARTS) is 1. The molecule has 3 rings (SSSR count). The number of fused-ring (bicyclic) bond motifs is 1. The van der Waals surface area contributed by atoms with E-state index in [1.165, 1.54) is 18.3 Å². The van der Waals surface area contributed by atoms with Crippen LogP contribution in [0.2, 0.25) is 0 Å². The Labute approximate surface area is 202 Å². The number of halogens is 9. The fraction of sp³-hybridized carbons (Fsp3) is 0.381. The Hall–Kier alpha value is -3.72. The van der Waals surface area contributed by atoms with Crippen LogP contribution in [-0.4, -0.2) is 47.1 Å². The minimum Gasteiger partial charge on any atom is -0.491 e. The van der Waals surface area contributed by atoms with E-state index in [9.17, 15) is 44.3 Å². The number of nitrogens with zero attached hydrogens (tertiary/aromatic N) is 1. The fourth-order valence-corrected chi connectivity index (χ4v) is 3.19. The number of amides is 2. The van der Waals surface area contributed by atoms with Crippen molar-refractivity contribution in [2.24, 2.45) is 0 Å². The van der Waals surface area contributed by atoms with Gasteiger partial charge in [0.1, 0.15) is 23.0 Å². The molecule has 0 spiro atoms. The number of hydrogen-bond acceptors (Lipinski definition) is 4. The van der Waals surface area contributed by atoms with Crippen LogP contribution >= 0.6 is 0 Å². The molecule has 2 amide bonds. The van der Waals surface area contributed by atoms with Crippen LogP contribution in [0.3, 0.4) is 0 Å². The van der Waals surface area contributed by atoms with Crippen molar-refractivity contribution in [1.82, 2.24) is 15.6 Å². The summed E-state index contributed by atoms with van der Waals surface area (Å²) in [5.74, 6) is -2.49. The highest BCUT2D eigenvalue weighted by molar-refractivity contribution is 5.76. The van der Waals surface area contributed by atoms with Crippen LogP contribution in [0, 0.1) is 0 Å². The average Bonchev–Trinajstić information content (AvgIpc) is 2.78. The lowest BCUT2D eigenvalue weighted by Crippen LogP contribution is -2.56. The second kappa shape index (κ2) is 10.7. The number of benzene rings is 1. The molecule has 1 aliphatic heterocycles. The van der Waals surface area contributed by atoms with Gasteiger partial charge in [0.25, 0.3) is 0 Å². The number of aromatic nitrogens is 1. The number of ether oxygens (including phenoxy) is 1. The summed E-state index contributed by atoms with van der Waals surface area (Å²) in [6.45, 7) is 0.843. The smallest absolute Gasteiger partial charge is 0.490 e. The highest BCUT2D eigenvalue weighted by Crippen LogP contribution is 2.41. The Morgan fingerprint density at radius 1 is 1.03 bits per heavy atom. The van der Waals surface area contributed by atoms with E-state index >= 15 is 0 Å². The topological polar surface area (TPSA) is 101 Å². The molecule has 1 aromatic heterocycles. The van der Waals surface area contributed by atoms with Gasteiger partial charge < -0.3 is 20.5 Å². The van der Waals surface area contributed by atoms with Gasteiger partial charge in [0.2, 0.25) is 0 Å². The van der Waals surface area contributed by atoms with Crippen molar-refractivity contribution in [1.29, 1.82) is 0 Å². The normalized spacial score (nSPS) is 18.3. The summed E-state index contributed by atoms with van der Waals surface area (Å²) < 4.78 is 115. The molecule has 0 radical (unpaired) electrons. The van der Waals surface area contributed by atoms with Crippen molar-refractivity contribution in [3.05, 3.63) is 59.4 Å². The number of aliphatic carboxylic acids is 1. The lowest BCUT2D eigenvalue weighted by atomic mass is 9.81. The number of urea groups is 1. The second-order valence-electron chi connectivity index (χ2n) is 7.59. The minimum absolute atomic E-state index is 0.0518. The third-order valence-corrected chi connectivity index (χ3v) is 5.02. The molecule has 2 aromatic rings. The number of hydrogen-bond donors (Lipinski definition) is 3. The molecule has 0 saturated heterocycles. The molecule has 3 N–H and O–H groups in total. The van der Waals surface area contributed by atoms with Crippen LogP contribution in [0.25, 0.3) is 0 Å². The molecular weight excluding hydrogens is 529 g/mol. The Morgan fingerprint density at radius 3 is 2.08 bits per heavy atom. The average molecular weight is 547 g/mol. The molecular formula is C21H18F9N3O4. The minimum atomic E-state index is -5.08. The monoisotopic (exact) mass is 547 g/mol. The quantitative estimate of drug-likeness (QED) is 0.470. The number of alkyl halides is 9. The molecule has 0 saturated carbocycles. The highest BCUT2D eigenvalue weighted by atomic mass is 19.4. The van der Waals surface area contributed by atoms with E-state index in [-0.39, 0.29) is 30.0 Å². The molecule has 1 aliphatic rings. The Morgan fingerprint density at radius 2 is 1.59 bits per heavy atom. The molecule has 37 heavy (non-hydrogen) atoms. The molecule has 2 heterocycles. The second-order valence-corrected chi connectivity index (χ2v) is 7.59. The summed E-state index contributed by atoms with van der Waals surface area (Å²) in [5, 5.41) is 11.4. The van der Waals surface area contributed by atoms with Crippen LogP contribution < -0.4 is 15.4 Å². The van der Waals surface area contributed by atoms with Crippen LogP contribution in [0.5, 0.6) is 5.75 Å². The first-order valence-electron chi connectivity index (χ1n) is 10.1. The van der Waals surface area contributed by atoms with Crippen molar-refractivity contribution in [3.8, 4) is 5.75 Å². The van der Waals surface area contributed by atoms with Crippen molar-refractivity contribution in [2.75, 3.05) is 6.61 Å². The zero-order valence-corrected chi connectivity index (χ0v) is 18.6. The van der Waals surface area contributed by atoms with Gasteiger partial charge in [-0.1, -0.05) is 12.1 Å². The van der Waals surface area contributed by atoms with Crippen LogP contribution in [0.4, 0.5) is 44.3 Å². The molecule has 0 fully saturated rings. The number of nitrogens with one attached hydrogen (secondary N) is 2. The Kier molecular flexibility index (Phi) is 8.55. The van der Waals surface area contributed by atoms with E-state index in [1.807, 2.05) is 0 Å². The van der Waals surface area contributed by atoms with Gasteiger partial charge in [0.05, 0.1) is 12.2 Å². The summed E-state index contributed by atoms with van der Waals surface area (Å²) in [5.41, 5.74) is -1.96. The van der Waals surface area contributed by atoms with Crippen LogP contribution in [-0.2, 0) is 16.5 Å². The van der Waals surface area contributed by atoms with Gasteiger partial charge in [-0.25, -0.2) is 9.59 Å². The third kappa shape index (κ3) is 7.39. The van der Waals surface area contributed by atoms with Gasteiger partial charge in [-0.2, -0.15) is 39.5 Å². The van der Waals surface area contributed by atoms with Gasteiger partial charge in [0.15, 0.2) is 0 Å². The largest absolute Gasteiger partial charge is 0.491 e. The molecule has 7 nitrogen and oxygen atoms in total. The number of carbonyl (C=O) groups is 2. The maximum atomic E-state index is 12.9. The third-order valence-electron chi connectivity index (χ3n) is 5.02. The maximum absolute atomic E-state index is 12.9. The SMILES string of the molecule is C[C@H](NC(=O)N[C@]1(c2ccc(C(F)(F)F)cc2)CCOc2cccnc21)C(F)(F)F.O=C(O)C(F)(F)F. The summed E-state index contributed by atoms with van der Waals surface area (Å²) in [4.78, 5) is 25.5. The highest BCUT2D eigenvalue weighted by Gasteiger charge is 2.44. The summed E-state index contributed by atoms with van der Waals surface area (Å²) in [6, 6.07) is 3.86. The molecule has 0 aliphatic carbocycles. The van der Waals surface area contributed by atoms with Gasteiger partial charge in [-0.3, -0.25) is 4.98 Å². The van der Waals surface area contributed by atoms with Gasteiger partial charge in [0, 0.05) is 12.6 Å². The van der Waals surface area contributed by atoms with Gasteiger partial charge in [-0.05, 0) is 36.8 Å². The van der Waals surface area contributed by atoms with Gasteiger partial charge >= 0.3 is 30.5 Å². The van der Waals surface area contributed by atoms with Crippen molar-refractivity contribution in [3.63, 3.8) is 0 Å². The van der Waals surface area contributed by atoms with Crippen LogP contribution in [0.1, 0.15) is 30.2 Å². The lowest BCUT2D eigenvalue weighted by molar-refractivity contribution is -0.192.